The third kappa shape index (κ3) is 7.82. The maximum absolute atomic E-state index is 12.2. The second kappa shape index (κ2) is 10.6. The van der Waals surface area contributed by atoms with Crippen molar-refractivity contribution < 1.29 is 27.8 Å². The maximum atomic E-state index is 12.2. The van der Waals surface area contributed by atoms with Crippen LogP contribution in [0.3, 0.4) is 0 Å². The van der Waals surface area contributed by atoms with Crippen LogP contribution in [-0.4, -0.2) is 40.1 Å². The third-order valence-corrected chi connectivity index (χ3v) is 5.68. The van der Waals surface area contributed by atoms with Gasteiger partial charge < -0.3 is 19.9 Å². The van der Waals surface area contributed by atoms with Crippen molar-refractivity contribution in [2.45, 2.75) is 23.4 Å². The highest BCUT2D eigenvalue weighted by molar-refractivity contribution is 8.01. The van der Waals surface area contributed by atoms with Gasteiger partial charge in [0.05, 0.1) is 19.3 Å². The zero-order chi connectivity index (χ0) is 21.4. The summed E-state index contributed by atoms with van der Waals surface area (Å²) < 4.78 is 46.5. The van der Waals surface area contributed by atoms with E-state index in [0.717, 1.165) is 5.56 Å². The molecule has 0 bridgehead atoms. The molecule has 6 nitrogen and oxygen atoms in total. The Hall–Kier alpha value is -2.34. The minimum absolute atomic E-state index is 0.206. The van der Waals surface area contributed by atoms with Gasteiger partial charge >= 0.3 is 6.36 Å². The maximum Gasteiger partial charge on any atom is 0.573 e. The topological polar surface area (TPSA) is 76.5 Å². The molecule has 2 aromatic carbocycles. The summed E-state index contributed by atoms with van der Waals surface area (Å²) in [5, 5.41) is 21.5. The zero-order valence-electron chi connectivity index (χ0n) is 15.5. The van der Waals surface area contributed by atoms with Gasteiger partial charge in [-0.25, -0.2) is 0 Å². The lowest BCUT2D eigenvalue weighted by Gasteiger charge is -2.10. The van der Waals surface area contributed by atoms with E-state index in [0.29, 0.717) is 27.5 Å². The number of nitrogens with zero attached hydrogens (tertiary/aromatic N) is 2. The lowest BCUT2D eigenvalue weighted by Crippen LogP contribution is -2.17. The Morgan fingerprint density at radius 3 is 2.50 bits per heavy atom. The number of ether oxygens (including phenoxy) is 2. The van der Waals surface area contributed by atoms with Crippen molar-refractivity contribution in [3.05, 3.63) is 60.2 Å². The summed E-state index contributed by atoms with van der Waals surface area (Å²) in [6, 6.07) is 15.0. The van der Waals surface area contributed by atoms with Gasteiger partial charge in [-0.2, -0.15) is 0 Å². The molecule has 0 radical (unpaired) electrons. The number of thioether (sulfide) groups is 1. The standard InChI is InChI=1S/C19H18F3N3O3S2/c20-19(21,22)28-16-8-6-14(7-9-16)23-17-24-25-18(30-17)29-12-15(26)11-27-10-13-4-2-1-3-5-13/h1-9,15,26H,10-12H2,(H,23,24). The normalized spacial score (nSPS) is 12.5. The number of aliphatic hydroxyl groups is 1. The van der Waals surface area contributed by atoms with E-state index in [9.17, 15) is 18.3 Å². The second-order valence-corrected chi connectivity index (χ2v) is 8.28. The van der Waals surface area contributed by atoms with Gasteiger partial charge in [0.1, 0.15) is 5.75 Å². The van der Waals surface area contributed by atoms with Gasteiger partial charge in [0.15, 0.2) is 4.34 Å². The van der Waals surface area contributed by atoms with Crippen molar-refractivity contribution in [3.63, 3.8) is 0 Å². The number of hydrogen-bond acceptors (Lipinski definition) is 8. The average Bonchev–Trinajstić information content (AvgIpc) is 3.15. The summed E-state index contributed by atoms with van der Waals surface area (Å²) >= 11 is 2.62. The van der Waals surface area contributed by atoms with Crippen molar-refractivity contribution in [1.29, 1.82) is 0 Å². The molecule has 1 aromatic heterocycles. The van der Waals surface area contributed by atoms with Crippen LogP contribution in [0.15, 0.2) is 58.9 Å². The molecule has 30 heavy (non-hydrogen) atoms. The van der Waals surface area contributed by atoms with Crippen LogP contribution >= 0.6 is 23.1 Å². The predicted molar refractivity (Wildman–Crippen MR) is 109 cm³/mol. The van der Waals surface area contributed by atoms with E-state index in [2.05, 4.69) is 20.3 Å². The molecule has 0 spiro atoms. The molecule has 0 aliphatic carbocycles. The summed E-state index contributed by atoms with van der Waals surface area (Å²) in [6.07, 6.45) is -5.38. The fourth-order valence-electron chi connectivity index (χ4n) is 2.28. The summed E-state index contributed by atoms with van der Waals surface area (Å²) in [5.74, 6) is 0.0948. The molecular formula is C19H18F3N3O3S2. The van der Waals surface area contributed by atoms with Crippen molar-refractivity contribution >= 4 is 33.9 Å². The molecule has 0 aliphatic rings. The van der Waals surface area contributed by atoms with Gasteiger partial charge in [0.25, 0.3) is 0 Å². The average molecular weight is 457 g/mol. The monoisotopic (exact) mass is 457 g/mol. The molecular weight excluding hydrogens is 439 g/mol. The number of aromatic nitrogens is 2. The first kappa shape index (κ1) is 22.3. The molecule has 1 unspecified atom stereocenters. The first-order chi connectivity index (χ1) is 14.4. The van der Waals surface area contributed by atoms with Crippen LogP contribution in [-0.2, 0) is 11.3 Å². The minimum atomic E-state index is -4.72. The van der Waals surface area contributed by atoms with E-state index in [-0.39, 0.29) is 12.4 Å². The summed E-state index contributed by atoms with van der Waals surface area (Å²) in [7, 11) is 0. The van der Waals surface area contributed by atoms with Crippen LogP contribution in [0, 0.1) is 0 Å². The Kier molecular flexibility index (Phi) is 7.91. The Morgan fingerprint density at radius 1 is 1.07 bits per heavy atom. The molecule has 0 fully saturated rings. The van der Waals surface area contributed by atoms with Crippen molar-refractivity contribution in [2.75, 3.05) is 17.7 Å². The molecule has 3 rings (SSSR count). The van der Waals surface area contributed by atoms with E-state index in [1.165, 1.54) is 47.4 Å². The SMILES string of the molecule is OC(COCc1ccccc1)CSc1nnc(Nc2ccc(OC(F)(F)F)cc2)s1. The van der Waals surface area contributed by atoms with Gasteiger partial charge in [0.2, 0.25) is 5.13 Å². The van der Waals surface area contributed by atoms with Gasteiger partial charge in [-0.3, -0.25) is 0 Å². The van der Waals surface area contributed by atoms with Crippen LogP contribution in [0.5, 0.6) is 5.75 Å². The van der Waals surface area contributed by atoms with Crippen LogP contribution in [0.4, 0.5) is 24.0 Å². The molecule has 0 aliphatic heterocycles. The molecule has 0 saturated carbocycles. The first-order valence-corrected chi connectivity index (χ1v) is 10.6. The van der Waals surface area contributed by atoms with E-state index in [4.69, 9.17) is 4.74 Å². The first-order valence-electron chi connectivity index (χ1n) is 8.76. The molecule has 160 valence electrons. The lowest BCUT2D eigenvalue weighted by atomic mass is 10.2. The van der Waals surface area contributed by atoms with E-state index in [1.54, 1.807) is 0 Å². The fraction of sp³-hybridized carbons (Fsp3) is 0.263. The Balaban J connectivity index is 1.40. The fourth-order valence-corrected chi connectivity index (χ4v) is 3.99. The second-order valence-electron chi connectivity index (χ2n) is 6.04. The van der Waals surface area contributed by atoms with Gasteiger partial charge in [-0.1, -0.05) is 53.4 Å². The van der Waals surface area contributed by atoms with Crippen LogP contribution in [0.1, 0.15) is 5.56 Å². The van der Waals surface area contributed by atoms with Crippen LogP contribution in [0.25, 0.3) is 0 Å². The van der Waals surface area contributed by atoms with E-state index < -0.39 is 12.5 Å². The molecule has 1 atom stereocenters. The van der Waals surface area contributed by atoms with Gasteiger partial charge in [-0.15, -0.1) is 23.4 Å². The predicted octanol–water partition coefficient (Wildman–Crippen LogP) is 4.85. The Bertz CT molecular complexity index is 909. The summed E-state index contributed by atoms with van der Waals surface area (Å²) in [6.45, 7) is 0.639. The zero-order valence-corrected chi connectivity index (χ0v) is 17.1. The largest absolute Gasteiger partial charge is 0.573 e. The summed E-state index contributed by atoms with van der Waals surface area (Å²) in [4.78, 5) is 0. The van der Waals surface area contributed by atoms with Crippen molar-refractivity contribution in [3.8, 4) is 5.75 Å². The highest BCUT2D eigenvalue weighted by atomic mass is 32.2. The van der Waals surface area contributed by atoms with Crippen LogP contribution in [0.2, 0.25) is 0 Å². The number of halogens is 3. The lowest BCUT2D eigenvalue weighted by molar-refractivity contribution is -0.274. The highest BCUT2D eigenvalue weighted by Gasteiger charge is 2.30. The number of aliphatic hydroxyl groups excluding tert-OH is 1. The summed E-state index contributed by atoms with van der Waals surface area (Å²) in [5.41, 5.74) is 1.58. The number of hydrogen-bond donors (Lipinski definition) is 2. The number of anilines is 2. The molecule has 11 heteroatoms. The minimum Gasteiger partial charge on any atom is -0.406 e. The van der Waals surface area contributed by atoms with Crippen molar-refractivity contribution in [1.82, 2.24) is 10.2 Å². The number of benzene rings is 2. The Labute approximate surface area is 179 Å². The van der Waals surface area contributed by atoms with Crippen LogP contribution < -0.4 is 10.1 Å². The smallest absolute Gasteiger partial charge is 0.406 e. The third-order valence-electron chi connectivity index (χ3n) is 3.57. The highest BCUT2D eigenvalue weighted by Crippen LogP contribution is 2.29. The number of nitrogens with one attached hydrogen (secondary N) is 1. The van der Waals surface area contributed by atoms with E-state index in [1.807, 2.05) is 30.3 Å². The Morgan fingerprint density at radius 2 is 1.80 bits per heavy atom. The number of alkyl halides is 3. The molecule has 2 N–H and O–H groups in total. The van der Waals surface area contributed by atoms with Gasteiger partial charge in [-0.05, 0) is 29.8 Å². The van der Waals surface area contributed by atoms with Gasteiger partial charge in [0, 0.05) is 11.4 Å². The molecule has 0 amide bonds. The quantitative estimate of drug-likeness (QED) is 0.422. The van der Waals surface area contributed by atoms with Crippen molar-refractivity contribution in [2.24, 2.45) is 0 Å². The molecule has 1 heterocycles. The molecule has 3 aromatic rings. The molecule has 0 saturated heterocycles. The number of rotatable bonds is 10. The van der Waals surface area contributed by atoms with E-state index >= 15 is 0 Å².